The molecule has 2 saturated heterocycles. The Morgan fingerprint density at radius 1 is 0.810 bits per heavy atom. The number of rotatable bonds is 6. The number of sulfone groups is 2. The van der Waals surface area contributed by atoms with Crippen LogP contribution >= 0.6 is 0 Å². The third-order valence-electron chi connectivity index (χ3n) is 4.62. The molecule has 2 aliphatic heterocycles. The van der Waals surface area contributed by atoms with Crippen LogP contribution in [-0.2, 0) is 24.4 Å². The third-order valence-corrected chi connectivity index (χ3v) is 9.15. The summed E-state index contributed by atoms with van der Waals surface area (Å²) in [5.41, 5.74) is 0. The van der Waals surface area contributed by atoms with Crippen molar-refractivity contribution < 1.29 is 21.6 Å². The van der Waals surface area contributed by atoms with Gasteiger partial charge in [-0.1, -0.05) is 26.7 Å². The Balaban J connectivity index is 2.10. The van der Waals surface area contributed by atoms with Crippen molar-refractivity contribution in [1.29, 1.82) is 0 Å². The second-order valence-electron chi connectivity index (χ2n) is 6.18. The van der Waals surface area contributed by atoms with Crippen molar-refractivity contribution in [2.24, 2.45) is 0 Å². The van der Waals surface area contributed by atoms with Crippen LogP contribution in [0.5, 0.6) is 0 Å². The first-order chi connectivity index (χ1) is 9.81. The summed E-state index contributed by atoms with van der Waals surface area (Å²) >= 11 is 0. The fourth-order valence-corrected chi connectivity index (χ4v) is 7.78. The summed E-state index contributed by atoms with van der Waals surface area (Å²) in [6.45, 7) is 3.93. The number of ether oxygens (including phenoxy) is 1. The summed E-state index contributed by atoms with van der Waals surface area (Å²) in [6.07, 6.45) is 3.15. The summed E-state index contributed by atoms with van der Waals surface area (Å²) in [5, 5.41) is -0.902. The predicted octanol–water partition coefficient (Wildman–Crippen LogP) is 1.71. The van der Waals surface area contributed by atoms with E-state index in [1.54, 1.807) is 0 Å². The van der Waals surface area contributed by atoms with Crippen molar-refractivity contribution in [3.8, 4) is 0 Å². The summed E-state index contributed by atoms with van der Waals surface area (Å²) in [6, 6.07) is 0. The van der Waals surface area contributed by atoms with E-state index in [1.807, 2.05) is 13.8 Å². The van der Waals surface area contributed by atoms with Crippen LogP contribution < -0.4 is 0 Å². The average Bonchev–Trinajstić information content (AvgIpc) is 2.83. The quantitative estimate of drug-likeness (QED) is 0.737. The molecule has 0 bridgehead atoms. The van der Waals surface area contributed by atoms with E-state index in [1.165, 1.54) is 0 Å². The lowest BCUT2D eigenvalue weighted by molar-refractivity contribution is -0.0118. The van der Waals surface area contributed by atoms with E-state index in [0.29, 0.717) is 25.7 Å². The molecule has 4 atom stereocenters. The molecule has 0 aromatic rings. The van der Waals surface area contributed by atoms with Gasteiger partial charge in [-0.05, 0) is 25.7 Å². The molecule has 2 heterocycles. The van der Waals surface area contributed by atoms with Gasteiger partial charge in [0.25, 0.3) is 0 Å². The van der Waals surface area contributed by atoms with Gasteiger partial charge in [0, 0.05) is 0 Å². The van der Waals surface area contributed by atoms with E-state index in [-0.39, 0.29) is 23.7 Å². The minimum atomic E-state index is -3.07. The van der Waals surface area contributed by atoms with Crippen molar-refractivity contribution in [1.82, 2.24) is 0 Å². The van der Waals surface area contributed by atoms with E-state index in [2.05, 4.69) is 0 Å². The summed E-state index contributed by atoms with van der Waals surface area (Å²) in [7, 11) is -6.15. The van der Waals surface area contributed by atoms with Crippen molar-refractivity contribution in [3.05, 3.63) is 0 Å². The highest BCUT2D eigenvalue weighted by Crippen LogP contribution is 2.33. The molecule has 0 spiro atoms. The van der Waals surface area contributed by atoms with Crippen molar-refractivity contribution >= 4 is 19.7 Å². The molecular formula is C14H26O5S2. The van der Waals surface area contributed by atoms with E-state index >= 15 is 0 Å². The van der Waals surface area contributed by atoms with E-state index in [4.69, 9.17) is 4.74 Å². The molecule has 0 amide bonds. The van der Waals surface area contributed by atoms with E-state index in [9.17, 15) is 16.8 Å². The molecule has 0 aliphatic carbocycles. The fraction of sp³-hybridized carbons (Fsp3) is 1.00. The highest BCUT2D eigenvalue weighted by Gasteiger charge is 2.46. The molecule has 4 unspecified atom stereocenters. The van der Waals surface area contributed by atoms with Crippen LogP contribution in [0.25, 0.3) is 0 Å². The van der Waals surface area contributed by atoms with Crippen molar-refractivity contribution in [2.75, 3.05) is 11.5 Å². The van der Waals surface area contributed by atoms with Gasteiger partial charge in [0.2, 0.25) is 0 Å². The molecule has 0 aromatic carbocycles. The highest BCUT2D eigenvalue weighted by atomic mass is 32.2. The molecule has 2 aliphatic rings. The molecule has 0 N–H and O–H groups in total. The van der Waals surface area contributed by atoms with Crippen LogP contribution in [0.3, 0.4) is 0 Å². The Hall–Kier alpha value is -0.140. The van der Waals surface area contributed by atoms with Gasteiger partial charge in [0.15, 0.2) is 19.7 Å². The molecule has 7 heteroatoms. The van der Waals surface area contributed by atoms with Gasteiger partial charge in [-0.25, -0.2) is 16.8 Å². The van der Waals surface area contributed by atoms with Crippen LogP contribution in [0.4, 0.5) is 0 Å². The monoisotopic (exact) mass is 338 g/mol. The minimum Gasteiger partial charge on any atom is -0.372 e. The summed E-state index contributed by atoms with van der Waals surface area (Å²) < 4.78 is 54.3. The largest absolute Gasteiger partial charge is 0.372 e. The molecule has 5 nitrogen and oxygen atoms in total. The lowest BCUT2D eigenvalue weighted by Gasteiger charge is -2.25. The predicted molar refractivity (Wildman–Crippen MR) is 82.9 cm³/mol. The van der Waals surface area contributed by atoms with Gasteiger partial charge >= 0.3 is 0 Å². The van der Waals surface area contributed by atoms with Crippen molar-refractivity contribution in [3.63, 3.8) is 0 Å². The maximum atomic E-state index is 12.1. The van der Waals surface area contributed by atoms with Crippen LogP contribution in [0.1, 0.15) is 52.4 Å². The standard InChI is InChI=1S/C14H26O5S2/c1-3-5-13-11(7-9-20(13,15)16)19-12-8-10-21(17,18)14(12)6-4-2/h11-14H,3-10H2,1-2H3. The lowest BCUT2D eigenvalue weighted by atomic mass is 10.1. The first kappa shape index (κ1) is 17.2. The second-order valence-corrected chi connectivity index (χ2v) is 10.9. The third kappa shape index (κ3) is 3.62. The Morgan fingerprint density at radius 3 is 1.52 bits per heavy atom. The zero-order valence-electron chi connectivity index (χ0n) is 12.8. The summed E-state index contributed by atoms with van der Waals surface area (Å²) in [5.74, 6) is 0.334. The van der Waals surface area contributed by atoms with Crippen molar-refractivity contribution in [2.45, 2.75) is 75.1 Å². The molecule has 0 radical (unpaired) electrons. The van der Waals surface area contributed by atoms with Gasteiger partial charge in [-0.2, -0.15) is 0 Å². The second kappa shape index (κ2) is 6.54. The zero-order valence-corrected chi connectivity index (χ0v) is 14.5. The van der Waals surface area contributed by atoms with Crippen LogP contribution in [0, 0.1) is 0 Å². The molecule has 124 valence electrons. The summed E-state index contributed by atoms with van der Waals surface area (Å²) in [4.78, 5) is 0. The van der Waals surface area contributed by atoms with Crippen LogP contribution in [-0.4, -0.2) is 51.0 Å². The zero-order chi connectivity index (χ0) is 15.7. The molecule has 2 fully saturated rings. The average molecular weight is 338 g/mol. The first-order valence-corrected chi connectivity index (χ1v) is 11.3. The topological polar surface area (TPSA) is 77.5 Å². The smallest absolute Gasteiger partial charge is 0.155 e. The van der Waals surface area contributed by atoms with Gasteiger partial charge in [0.05, 0.1) is 34.2 Å². The van der Waals surface area contributed by atoms with E-state index in [0.717, 1.165) is 12.8 Å². The molecule has 0 saturated carbocycles. The normalized spacial score (nSPS) is 37.8. The van der Waals surface area contributed by atoms with Gasteiger partial charge in [-0.15, -0.1) is 0 Å². The maximum Gasteiger partial charge on any atom is 0.155 e. The Labute approximate surface area is 128 Å². The fourth-order valence-electron chi connectivity index (χ4n) is 3.53. The number of hydrogen-bond donors (Lipinski definition) is 0. The maximum absolute atomic E-state index is 12.1. The van der Waals surface area contributed by atoms with E-state index < -0.39 is 30.2 Å². The first-order valence-electron chi connectivity index (χ1n) is 7.90. The number of hydrogen-bond acceptors (Lipinski definition) is 5. The van der Waals surface area contributed by atoms with Gasteiger partial charge in [0.1, 0.15) is 0 Å². The molecule has 2 rings (SSSR count). The Kier molecular flexibility index (Phi) is 5.36. The van der Waals surface area contributed by atoms with Crippen LogP contribution in [0.2, 0.25) is 0 Å². The molecular weight excluding hydrogens is 312 g/mol. The van der Waals surface area contributed by atoms with Gasteiger partial charge < -0.3 is 4.74 Å². The van der Waals surface area contributed by atoms with Crippen LogP contribution in [0.15, 0.2) is 0 Å². The minimum absolute atomic E-state index is 0.167. The lowest BCUT2D eigenvalue weighted by Crippen LogP contribution is -2.36. The Morgan fingerprint density at radius 2 is 1.19 bits per heavy atom. The molecule has 0 aromatic heterocycles. The SMILES string of the molecule is CCCC1C(OC2CCS(=O)(=O)C2CCC)CCS1(=O)=O. The Bertz CT molecular complexity index is 502. The highest BCUT2D eigenvalue weighted by molar-refractivity contribution is 7.92. The van der Waals surface area contributed by atoms with Gasteiger partial charge in [-0.3, -0.25) is 0 Å². The molecule has 21 heavy (non-hydrogen) atoms.